The Labute approximate surface area is 105 Å². The number of carbonyl (C=O) groups is 1. The molecule has 5 rings (SSSR count). The molecule has 1 N–H and O–H groups in total. The van der Waals surface area contributed by atoms with Crippen molar-refractivity contribution in [3.8, 4) is 0 Å². The molecule has 2 bridgehead atoms. The average Bonchev–Trinajstić information content (AvgIpc) is 2.89. The van der Waals surface area contributed by atoms with Crippen molar-refractivity contribution in [2.75, 3.05) is 6.54 Å². The molecule has 1 aromatic carbocycles. The van der Waals surface area contributed by atoms with E-state index in [2.05, 4.69) is 9.97 Å². The van der Waals surface area contributed by atoms with Gasteiger partial charge in [-0.2, -0.15) is 0 Å². The highest BCUT2D eigenvalue weighted by Crippen LogP contribution is 2.38. The van der Waals surface area contributed by atoms with Crippen LogP contribution in [-0.4, -0.2) is 27.3 Å². The largest absolute Gasteiger partial charge is 0.344 e. The minimum atomic E-state index is 0.0749. The number of hydrogen-bond acceptors (Lipinski definition) is 2. The van der Waals surface area contributed by atoms with Crippen LogP contribution in [0.3, 0.4) is 0 Å². The average molecular weight is 239 g/mol. The van der Waals surface area contributed by atoms with Crippen molar-refractivity contribution >= 4 is 5.91 Å². The van der Waals surface area contributed by atoms with Crippen LogP contribution in [0.5, 0.6) is 0 Å². The van der Waals surface area contributed by atoms with Crippen LogP contribution in [0.25, 0.3) is 0 Å². The van der Waals surface area contributed by atoms with Gasteiger partial charge in [0.05, 0.1) is 5.69 Å². The number of benzene rings is 1. The van der Waals surface area contributed by atoms with Crippen molar-refractivity contribution in [2.45, 2.75) is 19.4 Å². The summed E-state index contributed by atoms with van der Waals surface area (Å²) in [7, 11) is 0. The molecule has 1 atom stereocenters. The zero-order valence-electron chi connectivity index (χ0n) is 10.1. The highest BCUT2D eigenvalue weighted by Gasteiger charge is 2.41. The van der Waals surface area contributed by atoms with Crippen molar-refractivity contribution < 1.29 is 4.79 Å². The molecule has 4 nitrogen and oxygen atoms in total. The first-order chi connectivity index (χ1) is 8.75. The zero-order valence-corrected chi connectivity index (χ0v) is 10.1. The maximum Gasteiger partial charge on any atom is 0.255 e. The fourth-order valence-electron chi connectivity index (χ4n) is 2.94. The molecule has 0 spiro atoms. The molecule has 0 saturated heterocycles. The second-order valence-corrected chi connectivity index (χ2v) is 4.94. The van der Waals surface area contributed by atoms with E-state index in [0.717, 1.165) is 41.3 Å². The lowest BCUT2D eigenvalue weighted by molar-refractivity contribution is 0.0667. The Morgan fingerprint density at radius 2 is 2.22 bits per heavy atom. The first-order valence-electron chi connectivity index (χ1n) is 6.21. The Morgan fingerprint density at radius 1 is 1.39 bits per heavy atom. The fourth-order valence-corrected chi connectivity index (χ4v) is 2.94. The van der Waals surface area contributed by atoms with Gasteiger partial charge in [0.15, 0.2) is 0 Å². The number of nitrogens with one attached hydrogen (secondary N) is 1. The Bertz CT molecular complexity index is 659. The van der Waals surface area contributed by atoms with E-state index in [-0.39, 0.29) is 11.9 Å². The van der Waals surface area contributed by atoms with Crippen molar-refractivity contribution in [2.24, 2.45) is 0 Å². The number of aromatic amines is 1. The standard InChI is InChI=1S/C14H13N3O/c1-8-11-12(13(15-8)16-11)17-7-6-9-4-2-3-5-10(9)14(17)18/h2-5,12H,6-7H2,1H3,(H,15,16). The first kappa shape index (κ1) is 9.88. The van der Waals surface area contributed by atoms with Crippen LogP contribution < -0.4 is 0 Å². The maximum absolute atomic E-state index is 12.5. The van der Waals surface area contributed by atoms with Crippen LogP contribution in [0.1, 0.15) is 39.2 Å². The molecule has 0 aliphatic carbocycles. The SMILES string of the molecule is Cc1[nH]c2nc1C2N1CCc2ccccc2C1=O. The van der Waals surface area contributed by atoms with Crippen molar-refractivity contribution in [1.29, 1.82) is 0 Å². The summed E-state index contributed by atoms with van der Waals surface area (Å²) in [6.07, 6.45) is 0.929. The molecule has 0 fully saturated rings. The molecule has 1 amide bonds. The summed E-state index contributed by atoms with van der Waals surface area (Å²) in [6.45, 7) is 2.78. The van der Waals surface area contributed by atoms with Gasteiger partial charge in [0.2, 0.25) is 0 Å². The molecule has 2 aromatic rings. The predicted molar refractivity (Wildman–Crippen MR) is 66.4 cm³/mol. The third kappa shape index (κ3) is 1.10. The highest BCUT2D eigenvalue weighted by molar-refractivity contribution is 5.97. The Kier molecular flexibility index (Phi) is 1.77. The Morgan fingerprint density at radius 3 is 2.94 bits per heavy atom. The van der Waals surface area contributed by atoms with Crippen LogP contribution in [-0.2, 0) is 6.42 Å². The summed E-state index contributed by atoms with van der Waals surface area (Å²) < 4.78 is 0. The topological polar surface area (TPSA) is 49.0 Å². The molecule has 0 radical (unpaired) electrons. The Balaban J connectivity index is 1.71. The van der Waals surface area contributed by atoms with E-state index < -0.39 is 0 Å². The summed E-state index contributed by atoms with van der Waals surface area (Å²) >= 11 is 0. The van der Waals surface area contributed by atoms with Gasteiger partial charge in [-0.15, -0.1) is 0 Å². The molecule has 3 aliphatic rings. The molecule has 18 heavy (non-hydrogen) atoms. The minimum absolute atomic E-state index is 0.0749. The van der Waals surface area contributed by atoms with Crippen LogP contribution >= 0.6 is 0 Å². The maximum atomic E-state index is 12.5. The van der Waals surface area contributed by atoms with Gasteiger partial charge in [-0.1, -0.05) is 18.2 Å². The molecule has 4 heteroatoms. The number of fused-ring (bicyclic) bond motifs is 2. The quantitative estimate of drug-likeness (QED) is 0.825. The molecule has 3 aliphatic heterocycles. The van der Waals surface area contributed by atoms with E-state index in [0.29, 0.717) is 0 Å². The third-order valence-corrected chi connectivity index (χ3v) is 3.90. The van der Waals surface area contributed by atoms with Crippen LogP contribution in [0.15, 0.2) is 24.3 Å². The van der Waals surface area contributed by atoms with E-state index in [4.69, 9.17) is 0 Å². The monoisotopic (exact) mass is 239 g/mol. The molecular weight excluding hydrogens is 226 g/mol. The number of amides is 1. The van der Waals surface area contributed by atoms with Gasteiger partial charge in [0.25, 0.3) is 5.91 Å². The van der Waals surface area contributed by atoms with E-state index >= 15 is 0 Å². The lowest BCUT2D eigenvalue weighted by Crippen LogP contribution is -2.43. The highest BCUT2D eigenvalue weighted by atomic mass is 16.2. The second kappa shape index (κ2) is 3.22. The first-order valence-corrected chi connectivity index (χ1v) is 6.21. The number of carbonyl (C=O) groups excluding carboxylic acids is 1. The van der Waals surface area contributed by atoms with E-state index in [1.54, 1.807) is 0 Å². The van der Waals surface area contributed by atoms with Gasteiger partial charge < -0.3 is 9.88 Å². The van der Waals surface area contributed by atoms with Gasteiger partial charge in [0, 0.05) is 17.8 Å². The molecule has 1 aromatic heterocycles. The zero-order chi connectivity index (χ0) is 12.3. The number of rotatable bonds is 1. The normalized spacial score (nSPS) is 20.6. The van der Waals surface area contributed by atoms with Crippen LogP contribution in [0.4, 0.5) is 0 Å². The molecule has 90 valence electrons. The lowest BCUT2D eigenvalue weighted by atomic mass is 9.96. The molecular formula is C14H13N3O. The van der Waals surface area contributed by atoms with Crippen molar-refractivity contribution in [1.82, 2.24) is 14.9 Å². The number of hydrogen-bond donors (Lipinski definition) is 1. The second-order valence-electron chi connectivity index (χ2n) is 4.94. The molecule has 0 saturated carbocycles. The van der Waals surface area contributed by atoms with Crippen molar-refractivity contribution in [3.05, 3.63) is 52.6 Å². The third-order valence-electron chi connectivity index (χ3n) is 3.90. The predicted octanol–water partition coefficient (Wildman–Crippen LogP) is 1.82. The van der Waals surface area contributed by atoms with Gasteiger partial charge in [-0.05, 0) is 25.0 Å². The number of imidazole rings is 1. The fraction of sp³-hybridized carbons (Fsp3) is 0.286. The number of H-pyrrole nitrogens is 1. The van der Waals surface area contributed by atoms with Crippen LogP contribution in [0.2, 0.25) is 0 Å². The van der Waals surface area contributed by atoms with Crippen LogP contribution in [0, 0.1) is 6.92 Å². The Hall–Kier alpha value is -2.10. The number of aryl methyl sites for hydroxylation is 1. The van der Waals surface area contributed by atoms with Gasteiger partial charge in [-0.3, -0.25) is 4.79 Å². The summed E-state index contributed by atoms with van der Waals surface area (Å²) in [4.78, 5) is 22.0. The summed E-state index contributed by atoms with van der Waals surface area (Å²) in [6, 6.07) is 7.95. The van der Waals surface area contributed by atoms with E-state index in [9.17, 15) is 4.79 Å². The van der Waals surface area contributed by atoms with E-state index in [1.165, 1.54) is 0 Å². The minimum Gasteiger partial charge on any atom is -0.344 e. The smallest absolute Gasteiger partial charge is 0.255 e. The molecule has 4 heterocycles. The number of aromatic nitrogens is 2. The molecule has 1 unspecified atom stereocenters. The van der Waals surface area contributed by atoms with E-state index in [1.807, 2.05) is 36.1 Å². The number of nitrogens with zero attached hydrogens (tertiary/aromatic N) is 2. The summed E-state index contributed by atoms with van der Waals surface area (Å²) in [5, 5.41) is 0. The van der Waals surface area contributed by atoms with Gasteiger partial charge in [0.1, 0.15) is 11.9 Å². The van der Waals surface area contributed by atoms with Gasteiger partial charge in [-0.25, -0.2) is 4.98 Å². The summed E-state index contributed by atoms with van der Waals surface area (Å²) in [5.41, 5.74) is 4.11. The van der Waals surface area contributed by atoms with Gasteiger partial charge >= 0.3 is 0 Å². The van der Waals surface area contributed by atoms with Crippen molar-refractivity contribution in [3.63, 3.8) is 0 Å². The lowest BCUT2D eigenvalue weighted by Gasteiger charge is -2.35. The summed E-state index contributed by atoms with van der Waals surface area (Å²) in [5.74, 6) is 1.05.